The molecule has 2 aromatic heterocycles. The van der Waals surface area contributed by atoms with E-state index in [1.54, 1.807) is 12.4 Å². The lowest BCUT2D eigenvalue weighted by molar-refractivity contribution is 0.240. The average Bonchev–Trinajstić information content (AvgIpc) is 3.11. The van der Waals surface area contributed by atoms with Crippen LogP contribution in [0.15, 0.2) is 66.1 Å². The van der Waals surface area contributed by atoms with E-state index in [1.807, 2.05) is 60.1 Å². The number of benzene rings is 1. The van der Waals surface area contributed by atoms with Gasteiger partial charge in [-0.25, -0.2) is 13.4 Å². The van der Waals surface area contributed by atoms with Gasteiger partial charge in [0.2, 0.25) is 15.0 Å². The molecular weight excluding hydrogens is 396 g/mol. The molecule has 6 nitrogen and oxygen atoms in total. The zero-order valence-electron chi connectivity index (χ0n) is 18.1. The van der Waals surface area contributed by atoms with Crippen LogP contribution in [0.4, 0.5) is 0 Å². The molecule has 0 radical (unpaired) electrons. The van der Waals surface area contributed by atoms with Crippen molar-refractivity contribution < 1.29 is 8.42 Å². The lowest BCUT2D eigenvalue weighted by atomic mass is 10.2. The monoisotopic (exact) mass is 426 g/mol. The molecule has 160 valence electrons. The summed E-state index contributed by atoms with van der Waals surface area (Å²) in [5, 5.41) is 0.147. The maximum Gasteiger partial charge on any atom is 0.228 e. The van der Waals surface area contributed by atoms with Crippen molar-refractivity contribution in [1.29, 1.82) is 0 Å². The molecule has 30 heavy (non-hydrogen) atoms. The predicted octanol–water partition coefficient (Wildman–Crippen LogP) is 4.10. The fraction of sp³-hybridized carbons (Fsp3) is 0.391. The Bertz CT molecular complexity index is 1050. The lowest BCUT2D eigenvalue weighted by Crippen LogP contribution is -2.25. The molecule has 0 amide bonds. The fourth-order valence-electron chi connectivity index (χ4n) is 3.43. The fourth-order valence-corrected chi connectivity index (χ4v) is 4.93. The smallest absolute Gasteiger partial charge is 0.228 e. The molecule has 7 heteroatoms. The van der Waals surface area contributed by atoms with Gasteiger partial charge < -0.3 is 4.57 Å². The molecule has 0 aliphatic carbocycles. The van der Waals surface area contributed by atoms with E-state index < -0.39 is 9.84 Å². The van der Waals surface area contributed by atoms with Crippen LogP contribution in [-0.4, -0.2) is 34.9 Å². The van der Waals surface area contributed by atoms with Crippen molar-refractivity contribution in [3.05, 3.63) is 77.9 Å². The van der Waals surface area contributed by atoms with Gasteiger partial charge in [-0.3, -0.25) is 9.88 Å². The van der Waals surface area contributed by atoms with Gasteiger partial charge in [0.1, 0.15) is 0 Å². The van der Waals surface area contributed by atoms with E-state index in [9.17, 15) is 8.42 Å². The van der Waals surface area contributed by atoms with E-state index >= 15 is 0 Å². The van der Waals surface area contributed by atoms with Crippen LogP contribution >= 0.6 is 0 Å². The van der Waals surface area contributed by atoms with Gasteiger partial charge in [0.15, 0.2) is 0 Å². The molecule has 0 spiro atoms. The zero-order chi connectivity index (χ0) is 21.7. The Morgan fingerprint density at radius 3 is 2.33 bits per heavy atom. The minimum atomic E-state index is -3.56. The summed E-state index contributed by atoms with van der Waals surface area (Å²) in [5.41, 5.74) is 2.63. The Morgan fingerprint density at radius 2 is 1.70 bits per heavy atom. The van der Waals surface area contributed by atoms with Gasteiger partial charge in [-0.1, -0.05) is 50.2 Å². The van der Waals surface area contributed by atoms with Crippen LogP contribution in [-0.2, 0) is 28.7 Å². The normalized spacial score (nSPS) is 13.1. The first kappa shape index (κ1) is 22.2. The molecule has 3 rings (SSSR count). The Kier molecular flexibility index (Phi) is 7.05. The third-order valence-corrected chi connectivity index (χ3v) is 6.71. The minimum Gasteiger partial charge on any atom is -0.317 e. The average molecular weight is 427 g/mol. The van der Waals surface area contributed by atoms with Crippen LogP contribution in [0.2, 0.25) is 0 Å². The van der Waals surface area contributed by atoms with Crippen LogP contribution in [0.3, 0.4) is 0 Å². The van der Waals surface area contributed by atoms with Gasteiger partial charge in [-0.15, -0.1) is 0 Å². The van der Waals surface area contributed by atoms with Gasteiger partial charge in [0.25, 0.3) is 0 Å². The van der Waals surface area contributed by atoms with Crippen LogP contribution in [0.25, 0.3) is 0 Å². The first-order valence-electron chi connectivity index (χ1n) is 10.2. The Labute approximate surface area is 179 Å². The van der Waals surface area contributed by atoms with Gasteiger partial charge in [-0.2, -0.15) is 0 Å². The van der Waals surface area contributed by atoms with Crippen LogP contribution < -0.4 is 0 Å². The van der Waals surface area contributed by atoms with E-state index in [0.29, 0.717) is 19.0 Å². The molecule has 0 N–H and O–H groups in total. The molecule has 0 fully saturated rings. The topological polar surface area (TPSA) is 68.1 Å². The van der Waals surface area contributed by atoms with Crippen molar-refractivity contribution in [2.24, 2.45) is 5.92 Å². The quantitative estimate of drug-likeness (QED) is 0.515. The van der Waals surface area contributed by atoms with E-state index in [0.717, 1.165) is 17.0 Å². The first-order chi connectivity index (χ1) is 14.3. The number of rotatable bonds is 9. The summed E-state index contributed by atoms with van der Waals surface area (Å²) in [6, 6.07) is 15.2. The number of hydrogen-bond donors (Lipinski definition) is 0. The Balaban J connectivity index is 1.88. The van der Waals surface area contributed by atoms with Gasteiger partial charge in [0, 0.05) is 25.3 Å². The molecule has 0 saturated heterocycles. The molecule has 0 saturated carbocycles. The lowest BCUT2D eigenvalue weighted by Gasteiger charge is -2.25. The summed E-state index contributed by atoms with van der Waals surface area (Å²) in [5.74, 6) is 0.241. The van der Waals surface area contributed by atoms with Gasteiger partial charge >= 0.3 is 0 Å². The summed E-state index contributed by atoms with van der Waals surface area (Å²) in [6.07, 6.45) is 3.48. The zero-order valence-corrected chi connectivity index (χ0v) is 18.9. The van der Waals surface area contributed by atoms with E-state index in [4.69, 9.17) is 0 Å². The van der Waals surface area contributed by atoms with Crippen molar-refractivity contribution in [3.8, 4) is 0 Å². The number of imidazole rings is 1. The summed E-state index contributed by atoms with van der Waals surface area (Å²) < 4.78 is 28.2. The molecular formula is C23H30N4O2S. The molecule has 1 atom stereocenters. The highest BCUT2D eigenvalue weighted by Gasteiger charge is 2.25. The second kappa shape index (κ2) is 9.53. The predicted molar refractivity (Wildman–Crippen MR) is 119 cm³/mol. The summed E-state index contributed by atoms with van der Waals surface area (Å²) >= 11 is 0. The Hall–Kier alpha value is -2.51. The summed E-state index contributed by atoms with van der Waals surface area (Å²) in [6.45, 7) is 7.44. The van der Waals surface area contributed by atoms with E-state index in [2.05, 4.69) is 35.6 Å². The number of pyridine rings is 1. The first-order valence-corrected chi connectivity index (χ1v) is 11.9. The highest BCUT2D eigenvalue weighted by atomic mass is 32.2. The number of aromatic nitrogens is 3. The highest BCUT2D eigenvalue weighted by molar-refractivity contribution is 7.90. The van der Waals surface area contributed by atoms with Crippen molar-refractivity contribution in [2.45, 2.75) is 50.8 Å². The number of nitrogens with zero attached hydrogens (tertiary/aromatic N) is 4. The maximum atomic E-state index is 13.2. The molecule has 2 heterocycles. The second-order valence-corrected chi connectivity index (χ2v) is 10.0. The molecule has 1 aromatic carbocycles. The van der Waals surface area contributed by atoms with Crippen molar-refractivity contribution in [1.82, 2.24) is 19.4 Å². The van der Waals surface area contributed by atoms with E-state index in [-0.39, 0.29) is 17.0 Å². The molecule has 0 aliphatic rings. The van der Waals surface area contributed by atoms with E-state index in [1.165, 1.54) is 0 Å². The molecule has 0 unspecified atom stereocenters. The third-order valence-electron chi connectivity index (χ3n) is 5.12. The van der Waals surface area contributed by atoms with Crippen LogP contribution in [0.1, 0.15) is 43.8 Å². The second-order valence-electron chi connectivity index (χ2n) is 8.13. The Morgan fingerprint density at radius 1 is 1.00 bits per heavy atom. The SMILES string of the molecule is CC(C)Cn1c(CN(C)[C@H](C)c2ccccn2)cnc1S(=O)(=O)Cc1ccccc1. The maximum absolute atomic E-state index is 13.2. The highest BCUT2D eigenvalue weighted by Crippen LogP contribution is 2.23. The third kappa shape index (κ3) is 5.34. The number of hydrogen-bond acceptors (Lipinski definition) is 5. The number of sulfone groups is 1. The largest absolute Gasteiger partial charge is 0.317 e. The standard InChI is InChI=1S/C23H30N4O2S/c1-18(2)15-27-21(16-26(4)19(3)22-12-8-9-13-24-22)14-25-23(27)30(28,29)17-20-10-6-5-7-11-20/h5-14,18-19H,15-17H2,1-4H3/t19-/m1/s1. The molecule has 3 aromatic rings. The van der Waals surface area contributed by atoms with Gasteiger partial charge in [0.05, 0.1) is 23.3 Å². The van der Waals surface area contributed by atoms with Crippen molar-refractivity contribution >= 4 is 9.84 Å². The minimum absolute atomic E-state index is 0.0530. The van der Waals surface area contributed by atoms with Crippen LogP contribution in [0, 0.1) is 5.92 Å². The summed E-state index contributed by atoms with van der Waals surface area (Å²) in [4.78, 5) is 11.0. The van der Waals surface area contributed by atoms with Crippen molar-refractivity contribution in [3.63, 3.8) is 0 Å². The van der Waals surface area contributed by atoms with Crippen molar-refractivity contribution in [2.75, 3.05) is 7.05 Å². The molecule has 0 aliphatic heterocycles. The van der Waals surface area contributed by atoms with Gasteiger partial charge in [-0.05, 0) is 37.6 Å². The molecule has 0 bridgehead atoms. The summed E-state index contributed by atoms with van der Waals surface area (Å²) in [7, 11) is -1.54. The van der Waals surface area contributed by atoms with Crippen LogP contribution in [0.5, 0.6) is 0 Å².